The van der Waals surface area contributed by atoms with Gasteiger partial charge >= 0.3 is 11.5 Å². The molecule has 1 aromatic carbocycles. The zero-order valence-corrected chi connectivity index (χ0v) is 18.2. The van der Waals surface area contributed by atoms with Crippen molar-refractivity contribution in [2.24, 2.45) is 0 Å². The van der Waals surface area contributed by atoms with Crippen LogP contribution in [0.25, 0.3) is 0 Å². The summed E-state index contributed by atoms with van der Waals surface area (Å²) >= 11 is -0.233. The van der Waals surface area contributed by atoms with E-state index in [4.69, 9.17) is 0 Å². The highest BCUT2D eigenvalue weighted by molar-refractivity contribution is 8.00. The molecule has 3 amide bonds. The van der Waals surface area contributed by atoms with Crippen molar-refractivity contribution in [3.63, 3.8) is 0 Å². The molecule has 2 fully saturated rings. The van der Waals surface area contributed by atoms with E-state index in [-0.39, 0.29) is 40.2 Å². The Labute approximate surface area is 182 Å². The number of benzene rings is 1. The van der Waals surface area contributed by atoms with E-state index in [0.29, 0.717) is 12.8 Å². The van der Waals surface area contributed by atoms with Gasteiger partial charge in [0.05, 0.1) is 5.69 Å². The summed E-state index contributed by atoms with van der Waals surface area (Å²) in [6.07, 6.45) is 4.60. The van der Waals surface area contributed by atoms with Crippen molar-refractivity contribution in [3.8, 4) is 0 Å². The summed E-state index contributed by atoms with van der Waals surface area (Å²) in [6.45, 7) is 6.46. The summed E-state index contributed by atoms with van der Waals surface area (Å²) < 4.78 is 37.8. The molecule has 4 rings (SSSR count). The molecule has 164 valence electrons. The fourth-order valence-electron chi connectivity index (χ4n) is 3.97. The molecule has 1 saturated carbocycles. The van der Waals surface area contributed by atoms with Gasteiger partial charge in [0, 0.05) is 23.8 Å². The second-order valence-electron chi connectivity index (χ2n) is 8.87. The summed E-state index contributed by atoms with van der Waals surface area (Å²) in [5, 5.41) is 0. The summed E-state index contributed by atoms with van der Waals surface area (Å²) in [7, 11) is 0. The molecule has 2 aromatic rings. The van der Waals surface area contributed by atoms with Gasteiger partial charge < -0.3 is 4.90 Å². The lowest BCUT2D eigenvalue weighted by Crippen LogP contribution is -2.37. The molecule has 0 bridgehead atoms. The lowest BCUT2D eigenvalue weighted by molar-refractivity contribution is -0.120. The van der Waals surface area contributed by atoms with Gasteiger partial charge in [0.25, 0.3) is 5.91 Å². The predicted octanol–water partition coefficient (Wildman–Crippen LogP) is 5.49. The lowest BCUT2D eigenvalue weighted by atomic mass is 9.85. The van der Waals surface area contributed by atoms with E-state index in [9.17, 15) is 22.8 Å². The van der Waals surface area contributed by atoms with Crippen LogP contribution in [0.15, 0.2) is 47.6 Å². The highest BCUT2D eigenvalue weighted by atomic mass is 32.2. The molecule has 31 heavy (non-hydrogen) atoms. The van der Waals surface area contributed by atoms with Gasteiger partial charge in [0.1, 0.15) is 5.54 Å². The molecule has 2 heterocycles. The Morgan fingerprint density at radius 2 is 1.71 bits per heavy atom. The Balaban J connectivity index is 1.62. The van der Waals surface area contributed by atoms with Gasteiger partial charge in [-0.25, -0.2) is 9.69 Å². The Bertz CT molecular complexity index is 1030. The molecule has 0 atom stereocenters. The minimum Gasteiger partial charge on any atom is -0.305 e. The second kappa shape index (κ2) is 7.25. The van der Waals surface area contributed by atoms with Crippen molar-refractivity contribution >= 4 is 29.4 Å². The number of anilines is 1. The largest absolute Gasteiger partial charge is 0.446 e. The molecule has 5 nitrogen and oxygen atoms in total. The van der Waals surface area contributed by atoms with Crippen LogP contribution in [-0.4, -0.2) is 32.9 Å². The van der Waals surface area contributed by atoms with Gasteiger partial charge in [-0.2, -0.15) is 13.2 Å². The third-order valence-corrected chi connectivity index (χ3v) is 6.38. The molecule has 2 aliphatic rings. The summed E-state index contributed by atoms with van der Waals surface area (Å²) in [5.74, 6) is -0.319. The third kappa shape index (κ3) is 4.03. The minimum absolute atomic E-state index is 0.0000548. The molecule has 0 radical (unpaired) electrons. The Morgan fingerprint density at radius 1 is 1.06 bits per heavy atom. The van der Waals surface area contributed by atoms with E-state index in [2.05, 4.69) is 25.8 Å². The first-order valence-electron chi connectivity index (χ1n) is 9.88. The number of hydrogen-bond donors (Lipinski definition) is 0. The zero-order chi connectivity index (χ0) is 22.6. The summed E-state index contributed by atoms with van der Waals surface area (Å²) in [5.41, 5.74) is -3.24. The van der Waals surface area contributed by atoms with E-state index in [1.54, 1.807) is 17.3 Å². The molecule has 9 heteroatoms. The number of imide groups is 1. The average Bonchev–Trinajstić information content (AvgIpc) is 3.44. The van der Waals surface area contributed by atoms with Crippen molar-refractivity contribution < 1.29 is 22.8 Å². The van der Waals surface area contributed by atoms with Crippen LogP contribution in [0.5, 0.6) is 0 Å². The Hall–Kier alpha value is -2.55. The number of aromatic nitrogens is 1. The number of urea groups is 1. The summed E-state index contributed by atoms with van der Waals surface area (Å²) in [4.78, 5) is 33.3. The van der Waals surface area contributed by atoms with Crippen molar-refractivity contribution in [1.29, 1.82) is 0 Å². The number of alkyl halides is 3. The molecular formula is C22H22F3N3O2S. The fraction of sp³-hybridized carbons (Fsp3) is 0.409. The number of halogens is 3. The zero-order valence-electron chi connectivity index (χ0n) is 17.4. The Morgan fingerprint density at radius 3 is 2.26 bits per heavy atom. The van der Waals surface area contributed by atoms with Crippen molar-refractivity contribution in [3.05, 3.63) is 53.9 Å². The number of hydrogen-bond acceptors (Lipinski definition) is 4. The van der Waals surface area contributed by atoms with Gasteiger partial charge in [-0.05, 0) is 71.5 Å². The van der Waals surface area contributed by atoms with Gasteiger partial charge in [0.15, 0.2) is 0 Å². The van der Waals surface area contributed by atoms with Crippen LogP contribution in [0.3, 0.4) is 0 Å². The van der Waals surface area contributed by atoms with Crippen molar-refractivity contribution in [2.75, 3.05) is 4.90 Å². The monoisotopic (exact) mass is 449 g/mol. The fourth-order valence-corrected chi connectivity index (χ4v) is 4.51. The minimum atomic E-state index is -4.40. The quantitative estimate of drug-likeness (QED) is 0.457. The molecule has 1 saturated heterocycles. The van der Waals surface area contributed by atoms with Gasteiger partial charge in [0.2, 0.25) is 0 Å². The van der Waals surface area contributed by atoms with Crippen LogP contribution < -0.4 is 4.90 Å². The molecule has 1 aromatic heterocycles. The number of nitrogens with zero attached hydrogens (tertiary/aromatic N) is 3. The number of rotatable bonds is 4. The Kier molecular flexibility index (Phi) is 5.07. The van der Waals surface area contributed by atoms with Crippen LogP contribution in [0.2, 0.25) is 0 Å². The van der Waals surface area contributed by atoms with E-state index < -0.39 is 17.1 Å². The van der Waals surface area contributed by atoms with Crippen molar-refractivity contribution in [2.45, 2.75) is 61.5 Å². The second-order valence-corrected chi connectivity index (χ2v) is 10.0. The molecule has 0 unspecified atom stereocenters. The van der Waals surface area contributed by atoms with Crippen LogP contribution in [0.4, 0.5) is 23.7 Å². The normalized spacial score (nSPS) is 18.3. The van der Waals surface area contributed by atoms with Gasteiger partial charge in [-0.15, -0.1) is 0 Å². The number of thioether (sulfide) groups is 1. The van der Waals surface area contributed by atoms with Crippen LogP contribution >= 0.6 is 11.8 Å². The van der Waals surface area contributed by atoms with Gasteiger partial charge in [-0.1, -0.05) is 20.8 Å². The molecule has 1 aliphatic carbocycles. The SMILES string of the molecule is CC(C)(C)c1cnccc1CN1C(=O)N(c2ccc(SC(F)(F)F)cc2)C(=O)C12CC2. The van der Waals surface area contributed by atoms with Gasteiger partial charge in [-0.3, -0.25) is 9.78 Å². The topological polar surface area (TPSA) is 53.5 Å². The van der Waals surface area contributed by atoms with E-state index in [1.165, 1.54) is 24.3 Å². The predicted molar refractivity (Wildman–Crippen MR) is 112 cm³/mol. The summed E-state index contributed by atoms with van der Waals surface area (Å²) in [6, 6.07) is 6.73. The smallest absolute Gasteiger partial charge is 0.305 e. The van der Waals surface area contributed by atoms with Crippen LogP contribution in [-0.2, 0) is 16.8 Å². The number of carbonyl (C=O) groups excluding carboxylic acids is 2. The lowest BCUT2D eigenvalue weighted by Gasteiger charge is -2.27. The number of carbonyl (C=O) groups is 2. The first kappa shape index (κ1) is 21.7. The number of pyridine rings is 1. The maximum atomic E-state index is 13.3. The maximum Gasteiger partial charge on any atom is 0.446 e. The molecule has 0 N–H and O–H groups in total. The number of amides is 3. The highest BCUT2D eigenvalue weighted by Gasteiger charge is 2.65. The standard InChI is InChI=1S/C22H22F3N3O2S/c1-20(2,3)17-12-26-11-8-14(17)13-27-19(30)28(18(29)21(27)9-10-21)15-4-6-16(7-5-15)31-22(23,24)25/h4-8,11-12H,9-10,13H2,1-3H3. The molecule has 1 aliphatic heterocycles. The van der Waals surface area contributed by atoms with Crippen LogP contribution in [0.1, 0.15) is 44.7 Å². The van der Waals surface area contributed by atoms with E-state index in [1.807, 2.05) is 6.07 Å². The van der Waals surface area contributed by atoms with Crippen molar-refractivity contribution in [1.82, 2.24) is 9.88 Å². The average molecular weight is 449 g/mol. The maximum absolute atomic E-state index is 13.3. The van der Waals surface area contributed by atoms with Crippen LogP contribution in [0, 0.1) is 0 Å². The molecular weight excluding hydrogens is 427 g/mol. The van der Waals surface area contributed by atoms with E-state index in [0.717, 1.165) is 16.0 Å². The van der Waals surface area contributed by atoms with E-state index >= 15 is 0 Å². The molecule has 1 spiro atoms. The highest BCUT2D eigenvalue weighted by Crippen LogP contribution is 2.50. The first-order valence-corrected chi connectivity index (χ1v) is 10.7. The third-order valence-electron chi connectivity index (χ3n) is 5.64. The first-order chi connectivity index (χ1) is 14.4.